The normalized spacial score (nSPS) is 10.5. The van der Waals surface area contributed by atoms with Gasteiger partial charge in [-0.2, -0.15) is 0 Å². The van der Waals surface area contributed by atoms with Crippen LogP contribution in [0.4, 0.5) is 5.69 Å². The molecule has 0 aliphatic heterocycles. The van der Waals surface area contributed by atoms with E-state index in [1.807, 2.05) is 6.92 Å². The van der Waals surface area contributed by atoms with Crippen LogP contribution >= 0.6 is 31.9 Å². The second-order valence-corrected chi connectivity index (χ2v) is 6.89. The van der Waals surface area contributed by atoms with Crippen LogP contribution in [0.2, 0.25) is 0 Å². The highest BCUT2D eigenvalue weighted by atomic mass is 79.9. The zero-order chi connectivity index (χ0) is 17.9. The summed E-state index contributed by atoms with van der Waals surface area (Å²) in [5, 5.41) is 2.76. The van der Waals surface area contributed by atoms with E-state index in [2.05, 4.69) is 37.2 Å². The lowest BCUT2D eigenvalue weighted by molar-refractivity contribution is 0.0506. The number of rotatable bonds is 5. The summed E-state index contributed by atoms with van der Waals surface area (Å²) in [6.07, 6.45) is 0.724. The van der Waals surface area contributed by atoms with E-state index in [0.29, 0.717) is 39.4 Å². The second kappa shape index (κ2) is 7.98. The third-order valence-electron chi connectivity index (χ3n) is 3.30. The summed E-state index contributed by atoms with van der Waals surface area (Å²) in [7, 11) is 0. The molecule has 2 aromatic rings. The van der Waals surface area contributed by atoms with Gasteiger partial charge in [0.05, 0.1) is 27.9 Å². The van der Waals surface area contributed by atoms with Crippen LogP contribution in [0.1, 0.15) is 45.6 Å². The Labute approximate surface area is 157 Å². The van der Waals surface area contributed by atoms with Gasteiger partial charge in [-0.25, -0.2) is 4.79 Å². The number of esters is 1. The number of carbonyl (C=O) groups is 2. The SMILES string of the molecule is CCCOC(=O)c1cc(Br)ccc1NC(=O)c1c(C)oc(C)c1Br. The molecule has 0 aliphatic carbocycles. The maximum absolute atomic E-state index is 12.6. The third-order valence-corrected chi connectivity index (χ3v) is 4.75. The predicted molar refractivity (Wildman–Crippen MR) is 98.6 cm³/mol. The minimum Gasteiger partial charge on any atom is -0.465 e. The first-order chi connectivity index (χ1) is 11.3. The Bertz CT molecular complexity index is 783. The number of anilines is 1. The van der Waals surface area contributed by atoms with E-state index >= 15 is 0 Å². The van der Waals surface area contributed by atoms with Gasteiger partial charge < -0.3 is 14.5 Å². The summed E-state index contributed by atoms with van der Waals surface area (Å²) in [5.41, 5.74) is 1.08. The molecule has 1 amide bonds. The molecule has 0 spiro atoms. The quantitative estimate of drug-likeness (QED) is 0.622. The summed E-state index contributed by atoms with van der Waals surface area (Å²) in [5.74, 6) is 0.288. The van der Waals surface area contributed by atoms with Crippen molar-refractivity contribution in [1.82, 2.24) is 0 Å². The molecule has 1 aromatic heterocycles. The standard InChI is InChI=1S/C17H17Br2NO4/c1-4-7-23-17(22)12-8-11(18)5-6-13(12)20-16(21)14-9(2)24-10(3)15(14)19/h5-6,8H,4,7H2,1-3H3,(H,20,21). The van der Waals surface area contributed by atoms with Gasteiger partial charge in [-0.1, -0.05) is 22.9 Å². The van der Waals surface area contributed by atoms with Crippen molar-refractivity contribution in [1.29, 1.82) is 0 Å². The number of carbonyl (C=O) groups excluding carboxylic acids is 2. The predicted octanol–water partition coefficient (Wildman–Crippen LogP) is 5.24. The van der Waals surface area contributed by atoms with Crippen LogP contribution in [0.3, 0.4) is 0 Å². The number of aryl methyl sites for hydroxylation is 2. The fourth-order valence-electron chi connectivity index (χ4n) is 2.17. The second-order valence-electron chi connectivity index (χ2n) is 5.18. The zero-order valence-electron chi connectivity index (χ0n) is 13.5. The molecule has 0 aliphatic rings. The first kappa shape index (κ1) is 18.7. The Morgan fingerprint density at radius 2 is 1.92 bits per heavy atom. The number of hydrogen-bond acceptors (Lipinski definition) is 4. The molecule has 0 saturated carbocycles. The van der Waals surface area contributed by atoms with Crippen LogP contribution in [0.15, 0.2) is 31.6 Å². The number of halogens is 2. The third kappa shape index (κ3) is 4.08. The van der Waals surface area contributed by atoms with Crippen molar-refractivity contribution in [3.63, 3.8) is 0 Å². The average molecular weight is 459 g/mol. The van der Waals surface area contributed by atoms with Gasteiger partial charge in [-0.05, 0) is 54.4 Å². The van der Waals surface area contributed by atoms with Crippen molar-refractivity contribution >= 4 is 49.4 Å². The largest absolute Gasteiger partial charge is 0.465 e. The summed E-state index contributed by atoms with van der Waals surface area (Å²) in [6.45, 7) is 5.72. The molecule has 7 heteroatoms. The van der Waals surface area contributed by atoms with Crippen LogP contribution < -0.4 is 5.32 Å². The molecule has 0 fully saturated rings. The van der Waals surface area contributed by atoms with Crippen LogP contribution in [0.25, 0.3) is 0 Å². The molecule has 0 bridgehead atoms. The van der Waals surface area contributed by atoms with Crippen LogP contribution in [-0.4, -0.2) is 18.5 Å². The van der Waals surface area contributed by atoms with Gasteiger partial charge >= 0.3 is 5.97 Å². The molecule has 0 atom stereocenters. The lowest BCUT2D eigenvalue weighted by Gasteiger charge is -2.11. The molecule has 1 aromatic carbocycles. The average Bonchev–Trinajstić information content (AvgIpc) is 2.79. The zero-order valence-corrected chi connectivity index (χ0v) is 16.7. The molecule has 0 radical (unpaired) electrons. The lowest BCUT2D eigenvalue weighted by Crippen LogP contribution is -2.17. The van der Waals surface area contributed by atoms with Crippen molar-refractivity contribution in [3.05, 3.63) is 49.8 Å². The van der Waals surface area contributed by atoms with Gasteiger partial charge in [0.15, 0.2) is 0 Å². The number of nitrogens with one attached hydrogen (secondary N) is 1. The number of hydrogen-bond donors (Lipinski definition) is 1. The van der Waals surface area contributed by atoms with Crippen molar-refractivity contribution in [2.75, 3.05) is 11.9 Å². The van der Waals surface area contributed by atoms with Crippen molar-refractivity contribution in [2.24, 2.45) is 0 Å². The first-order valence-corrected chi connectivity index (χ1v) is 8.97. The Morgan fingerprint density at radius 1 is 1.21 bits per heavy atom. The molecule has 1 heterocycles. The molecule has 0 saturated heterocycles. The van der Waals surface area contributed by atoms with E-state index in [4.69, 9.17) is 9.15 Å². The number of amides is 1. The van der Waals surface area contributed by atoms with E-state index < -0.39 is 5.97 Å². The molecule has 0 unspecified atom stereocenters. The van der Waals surface area contributed by atoms with Gasteiger partial charge in [-0.3, -0.25) is 4.79 Å². The maximum atomic E-state index is 12.6. The summed E-state index contributed by atoms with van der Waals surface area (Å²) < 4.78 is 11.9. The monoisotopic (exact) mass is 457 g/mol. The highest BCUT2D eigenvalue weighted by Gasteiger charge is 2.22. The molecule has 24 heavy (non-hydrogen) atoms. The van der Waals surface area contributed by atoms with Crippen LogP contribution in [0, 0.1) is 13.8 Å². The minimum absolute atomic E-state index is 0.292. The van der Waals surface area contributed by atoms with Crippen LogP contribution in [-0.2, 0) is 4.74 Å². The summed E-state index contributed by atoms with van der Waals surface area (Å²) in [4.78, 5) is 24.8. The fraction of sp³-hybridized carbons (Fsp3) is 0.294. The molecule has 5 nitrogen and oxygen atoms in total. The molecular weight excluding hydrogens is 442 g/mol. The minimum atomic E-state index is -0.479. The Kier molecular flexibility index (Phi) is 6.23. The smallest absolute Gasteiger partial charge is 0.340 e. The van der Waals surface area contributed by atoms with Crippen molar-refractivity contribution in [2.45, 2.75) is 27.2 Å². The van der Waals surface area contributed by atoms with E-state index in [-0.39, 0.29) is 5.91 Å². The number of ether oxygens (including phenoxy) is 1. The van der Waals surface area contributed by atoms with E-state index in [1.54, 1.807) is 32.0 Å². The van der Waals surface area contributed by atoms with Gasteiger partial charge in [0.25, 0.3) is 5.91 Å². The fourth-order valence-corrected chi connectivity index (χ4v) is 3.07. The number of furan rings is 1. The molecule has 2 rings (SSSR count). The highest BCUT2D eigenvalue weighted by Crippen LogP contribution is 2.29. The Balaban J connectivity index is 2.32. The van der Waals surface area contributed by atoms with Crippen molar-refractivity contribution in [3.8, 4) is 0 Å². The maximum Gasteiger partial charge on any atom is 0.340 e. The number of benzene rings is 1. The topological polar surface area (TPSA) is 68.5 Å². The van der Waals surface area contributed by atoms with Crippen molar-refractivity contribution < 1.29 is 18.7 Å². The van der Waals surface area contributed by atoms with E-state index in [0.717, 1.165) is 10.9 Å². The van der Waals surface area contributed by atoms with Gasteiger partial charge in [0.2, 0.25) is 0 Å². The van der Waals surface area contributed by atoms with Crippen LogP contribution in [0.5, 0.6) is 0 Å². The van der Waals surface area contributed by atoms with Gasteiger partial charge in [0, 0.05) is 4.47 Å². The molecule has 1 N–H and O–H groups in total. The van der Waals surface area contributed by atoms with Gasteiger partial charge in [0.1, 0.15) is 11.5 Å². The van der Waals surface area contributed by atoms with Gasteiger partial charge in [-0.15, -0.1) is 0 Å². The molecule has 128 valence electrons. The summed E-state index contributed by atoms with van der Waals surface area (Å²) >= 11 is 6.68. The molecular formula is C17H17Br2NO4. The highest BCUT2D eigenvalue weighted by molar-refractivity contribution is 9.10. The first-order valence-electron chi connectivity index (χ1n) is 7.38. The Hall–Kier alpha value is -1.60. The van der Waals surface area contributed by atoms with E-state index in [1.165, 1.54) is 0 Å². The Morgan fingerprint density at radius 3 is 2.50 bits per heavy atom. The van der Waals surface area contributed by atoms with E-state index in [9.17, 15) is 9.59 Å². The lowest BCUT2D eigenvalue weighted by atomic mass is 10.1. The summed E-state index contributed by atoms with van der Waals surface area (Å²) in [6, 6.07) is 5.02.